The molecule has 0 aliphatic heterocycles. The second kappa shape index (κ2) is 10.5. The van der Waals surface area contributed by atoms with Crippen molar-refractivity contribution in [3.8, 4) is 5.75 Å². The molecule has 0 saturated carbocycles. The van der Waals surface area contributed by atoms with Gasteiger partial charge in [-0.3, -0.25) is 13.9 Å². The monoisotopic (exact) mass is 467 g/mol. The van der Waals surface area contributed by atoms with E-state index in [2.05, 4.69) is 5.32 Å². The Kier molecular flexibility index (Phi) is 8.29. The number of carbonyl (C=O) groups is 2. The molecular weight excluding hydrogens is 442 g/mol. The minimum Gasteiger partial charge on any atom is -0.497 e. The molecule has 8 nitrogen and oxygen atoms in total. The smallest absolute Gasteiger partial charge is 0.244 e. The third-order valence-corrected chi connectivity index (χ3v) is 6.05. The number of sulfonamides is 1. The molecule has 0 heterocycles. The van der Waals surface area contributed by atoms with E-state index < -0.39 is 28.5 Å². The number of methoxy groups -OCH3 is 1. The summed E-state index contributed by atoms with van der Waals surface area (Å²) in [6.45, 7) is 1.19. The van der Waals surface area contributed by atoms with Crippen molar-refractivity contribution in [3.05, 3.63) is 59.1 Å². The molecule has 0 aromatic heterocycles. The van der Waals surface area contributed by atoms with Crippen molar-refractivity contribution in [3.63, 3.8) is 0 Å². The molecule has 0 fully saturated rings. The van der Waals surface area contributed by atoms with Gasteiger partial charge in [-0.05, 0) is 36.8 Å². The molecule has 2 aromatic carbocycles. The average molecular weight is 468 g/mol. The normalized spacial score (nSPS) is 12.0. The second-order valence-electron chi connectivity index (χ2n) is 6.91. The molecule has 1 unspecified atom stereocenters. The molecule has 0 bridgehead atoms. The van der Waals surface area contributed by atoms with Crippen molar-refractivity contribution in [1.29, 1.82) is 0 Å². The number of likely N-dealkylation sites (N-methyl/N-ethyl adjacent to an activating group) is 1. The number of anilines is 1. The fourth-order valence-corrected chi connectivity index (χ4v) is 4.06. The van der Waals surface area contributed by atoms with Crippen LogP contribution in [0, 0.1) is 0 Å². The summed E-state index contributed by atoms with van der Waals surface area (Å²) in [5, 5.41) is 3.01. The van der Waals surface area contributed by atoms with E-state index in [0.29, 0.717) is 16.3 Å². The van der Waals surface area contributed by atoms with Crippen LogP contribution in [-0.4, -0.2) is 58.1 Å². The summed E-state index contributed by atoms with van der Waals surface area (Å²) in [6.07, 6.45) is 1.02. The van der Waals surface area contributed by atoms with E-state index in [-0.39, 0.29) is 18.1 Å². The minimum absolute atomic E-state index is 0.0870. The molecule has 0 saturated heterocycles. The van der Waals surface area contributed by atoms with Gasteiger partial charge in [0.1, 0.15) is 18.3 Å². The lowest BCUT2D eigenvalue weighted by Crippen LogP contribution is -2.50. The largest absolute Gasteiger partial charge is 0.497 e. The summed E-state index contributed by atoms with van der Waals surface area (Å²) < 4.78 is 31.1. The lowest BCUT2D eigenvalue weighted by Gasteiger charge is -2.31. The highest BCUT2D eigenvalue weighted by Crippen LogP contribution is 2.24. The first-order valence-electron chi connectivity index (χ1n) is 9.44. The number of halogens is 1. The van der Waals surface area contributed by atoms with Crippen LogP contribution in [0.15, 0.2) is 48.5 Å². The quantitative estimate of drug-likeness (QED) is 0.610. The number of amides is 2. The number of nitrogens with zero attached hydrogens (tertiary/aromatic N) is 2. The molecular formula is C21H26ClN3O5S. The van der Waals surface area contributed by atoms with Crippen molar-refractivity contribution < 1.29 is 22.7 Å². The SMILES string of the molecule is CNC(=O)C(C)N(Cc1cccc(Cl)c1)C(=O)CN(c1cccc(OC)c1)S(C)(=O)=O. The topological polar surface area (TPSA) is 96.0 Å². The number of ether oxygens (including phenoxy) is 1. The van der Waals surface area contributed by atoms with E-state index in [4.69, 9.17) is 16.3 Å². The van der Waals surface area contributed by atoms with Gasteiger partial charge in [0.25, 0.3) is 0 Å². The molecule has 2 rings (SSSR count). The van der Waals surface area contributed by atoms with Crippen LogP contribution in [0.3, 0.4) is 0 Å². The molecule has 2 aromatic rings. The third-order valence-electron chi connectivity index (χ3n) is 4.68. The molecule has 10 heteroatoms. The van der Waals surface area contributed by atoms with Crippen LogP contribution < -0.4 is 14.4 Å². The van der Waals surface area contributed by atoms with Gasteiger partial charge in [-0.2, -0.15) is 0 Å². The summed E-state index contributed by atoms with van der Waals surface area (Å²) in [7, 11) is -0.857. The molecule has 0 radical (unpaired) electrons. The van der Waals surface area contributed by atoms with Crippen molar-refractivity contribution >= 4 is 39.1 Å². The Balaban J connectivity index is 2.39. The van der Waals surface area contributed by atoms with Crippen LogP contribution in [0.2, 0.25) is 5.02 Å². The highest BCUT2D eigenvalue weighted by Gasteiger charge is 2.29. The molecule has 0 aliphatic carbocycles. The van der Waals surface area contributed by atoms with Crippen LogP contribution in [0.4, 0.5) is 5.69 Å². The van der Waals surface area contributed by atoms with Gasteiger partial charge >= 0.3 is 0 Å². The zero-order valence-corrected chi connectivity index (χ0v) is 19.4. The number of hydrogen-bond donors (Lipinski definition) is 1. The standard InChI is InChI=1S/C21H26ClN3O5S/c1-15(21(27)23-2)24(13-16-7-5-8-17(22)11-16)20(26)14-25(31(4,28)29)18-9-6-10-19(12-18)30-3/h5-12,15H,13-14H2,1-4H3,(H,23,27). The second-order valence-corrected chi connectivity index (χ2v) is 9.26. The summed E-state index contributed by atoms with van der Waals surface area (Å²) in [5.74, 6) is -0.458. The van der Waals surface area contributed by atoms with Gasteiger partial charge in [0.05, 0.1) is 19.1 Å². The Morgan fingerprint density at radius 2 is 1.84 bits per heavy atom. The van der Waals surface area contributed by atoms with Crippen molar-refractivity contribution in [1.82, 2.24) is 10.2 Å². The molecule has 0 aliphatic rings. The van der Waals surface area contributed by atoms with E-state index >= 15 is 0 Å². The maximum Gasteiger partial charge on any atom is 0.244 e. The van der Waals surface area contributed by atoms with E-state index in [1.54, 1.807) is 49.4 Å². The zero-order valence-electron chi connectivity index (χ0n) is 17.8. The molecule has 31 heavy (non-hydrogen) atoms. The first-order valence-corrected chi connectivity index (χ1v) is 11.7. The van der Waals surface area contributed by atoms with Crippen LogP contribution >= 0.6 is 11.6 Å². The summed E-state index contributed by atoms with van der Waals surface area (Å²) in [6, 6.07) is 12.5. The minimum atomic E-state index is -3.79. The van der Waals surface area contributed by atoms with Crippen LogP contribution in [0.1, 0.15) is 12.5 Å². The molecule has 168 valence electrons. The summed E-state index contributed by atoms with van der Waals surface area (Å²) in [4.78, 5) is 26.8. The van der Waals surface area contributed by atoms with Gasteiger partial charge in [-0.15, -0.1) is 0 Å². The van der Waals surface area contributed by atoms with Gasteiger partial charge in [0.2, 0.25) is 21.8 Å². The van der Waals surface area contributed by atoms with E-state index in [1.807, 2.05) is 0 Å². The van der Waals surface area contributed by atoms with Crippen molar-refractivity contribution in [2.24, 2.45) is 0 Å². The van der Waals surface area contributed by atoms with Crippen LogP contribution in [0.5, 0.6) is 5.75 Å². The van der Waals surface area contributed by atoms with E-state index in [9.17, 15) is 18.0 Å². The predicted molar refractivity (Wildman–Crippen MR) is 121 cm³/mol. The Morgan fingerprint density at radius 1 is 1.16 bits per heavy atom. The Hall–Kier alpha value is -2.78. The van der Waals surface area contributed by atoms with Gasteiger partial charge in [-0.1, -0.05) is 29.8 Å². The van der Waals surface area contributed by atoms with Gasteiger partial charge < -0.3 is 15.0 Å². The number of hydrogen-bond acceptors (Lipinski definition) is 5. The number of nitrogens with one attached hydrogen (secondary N) is 1. The molecule has 0 spiro atoms. The van der Waals surface area contributed by atoms with Crippen LogP contribution in [0.25, 0.3) is 0 Å². The van der Waals surface area contributed by atoms with E-state index in [0.717, 1.165) is 10.6 Å². The summed E-state index contributed by atoms with van der Waals surface area (Å²) in [5.41, 5.74) is 0.995. The molecule has 1 atom stereocenters. The van der Waals surface area contributed by atoms with Gasteiger partial charge in [0, 0.05) is 24.7 Å². The first-order chi connectivity index (χ1) is 14.6. The Bertz CT molecular complexity index is 1040. The Labute approximate surface area is 187 Å². The summed E-state index contributed by atoms with van der Waals surface area (Å²) >= 11 is 6.05. The van der Waals surface area contributed by atoms with Crippen molar-refractivity contribution in [2.45, 2.75) is 19.5 Å². The fraction of sp³-hybridized carbons (Fsp3) is 0.333. The average Bonchev–Trinajstić information content (AvgIpc) is 2.73. The fourth-order valence-electron chi connectivity index (χ4n) is 3.00. The highest BCUT2D eigenvalue weighted by molar-refractivity contribution is 7.92. The predicted octanol–water partition coefficient (Wildman–Crippen LogP) is 2.28. The lowest BCUT2D eigenvalue weighted by molar-refractivity contribution is -0.139. The highest BCUT2D eigenvalue weighted by atomic mass is 35.5. The maximum absolute atomic E-state index is 13.3. The number of carbonyl (C=O) groups excluding carboxylic acids is 2. The maximum atomic E-state index is 13.3. The van der Waals surface area contributed by atoms with Gasteiger partial charge in [0.15, 0.2) is 0 Å². The van der Waals surface area contributed by atoms with Crippen molar-refractivity contribution in [2.75, 3.05) is 31.3 Å². The third kappa shape index (κ3) is 6.60. The first kappa shape index (κ1) is 24.5. The van der Waals surface area contributed by atoms with E-state index in [1.165, 1.54) is 25.1 Å². The Morgan fingerprint density at radius 3 is 2.42 bits per heavy atom. The number of benzene rings is 2. The number of rotatable bonds is 9. The van der Waals surface area contributed by atoms with Gasteiger partial charge in [-0.25, -0.2) is 8.42 Å². The van der Waals surface area contributed by atoms with Crippen LogP contribution in [-0.2, 0) is 26.2 Å². The zero-order chi connectivity index (χ0) is 23.2. The lowest BCUT2D eigenvalue weighted by atomic mass is 10.1. The molecule has 2 amide bonds. The molecule has 1 N–H and O–H groups in total.